The molecule has 0 atom stereocenters. The van der Waals surface area contributed by atoms with Gasteiger partial charge in [0.25, 0.3) is 0 Å². The van der Waals surface area contributed by atoms with Crippen LogP contribution in [0.25, 0.3) is 0 Å². The number of benzene rings is 2. The molecule has 0 heterocycles. The third kappa shape index (κ3) is 5.03. The molecule has 120 valence electrons. The van der Waals surface area contributed by atoms with Crippen LogP contribution >= 0.6 is 0 Å². The Morgan fingerprint density at radius 3 is 2.61 bits per heavy atom. The molecule has 0 saturated carbocycles. The molecule has 0 saturated heterocycles. The maximum absolute atomic E-state index is 10.6. The van der Waals surface area contributed by atoms with Gasteiger partial charge in [-0.15, -0.1) is 0 Å². The SMILES string of the molecule is COc1ccc(C=NNC(N)=O)cc1OCc1ccc(C)cc1. The van der Waals surface area contributed by atoms with Crippen LogP contribution in [0.2, 0.25) is 0 Å². The molecule has 2 amide bonds. The molecule has 3 N–H and O–H groups in total. The van der Waals surface area contributed by atoms with Gasteiger partial charge >= 0.3 is 6.03 Å². The van der Waals surface area contributed by atoms with Crippen LogP contribution in [-0.4, -0.2) is 19.4 Å². The molecule has 0 aliphatic rings. The zero-order chi connectivity index (χ0) is 16.7. The molecule has 6 nitrogen and oxygen atoms in total. The van der Waals surface area contributed by atoms with Crippen molar-refractivity contribution in [2.45, 2.75) is 13.5 Å². The Kier molecular flexibility index (Phi) is 5.57. The number of rotatable bonds is 6. The fourth-order valence-electron chi connectivity index (χ4n) is 1.90. The number of ether oxygens (including phenoxy) is 2. The summed E-state index contributed by atoms with van der Waals surface area (Å²) in [5.41, 5.74) is 10.1. The number of carbonyl (C=O) groups is 1. The van der Waals surface area contributed by atoms with Gasteiger partial charge in [-0.05, 0) is 36.2 Å². The van der Waals surface area contributed by atoms with Gasteiger partial charge in [-0.1, -0.05) is 29.8 Å². The van der Waals surface area contributed by atoms with Crippen LogP contribution in [0.3, 0.4) is 0 Å². The first kappa shape index (κ1) is 16.4. The van der Waals surface area contributed by atoms with Crippen molar-refractivity contribution in [1.82, 2.24) is 5.43 Å². The van der Waals surface area contributed by atoms with Crippen LogP contribution in [0.15, 0.2) is 47.6 Å². The average Bonchev–Trinajstić information content (AvgIpc) is 2.54. The number of primary amides is 1. The molecule has 2 aromatic carbocycles. The molecule has 23 heavy (non-hydrogen) atoms. The van der Waals surface area contributed by atoms with Gasteiger partial charge in [0, 0.05) is 0 Å². The van der Waals surface area contributed by atoms with E-state index in [1.54, 1.807) is 25.3 Å². The molecule has 2 rings (SSSR count). The summed E-state index contributed by atoms with van der Waals surface area (Å²) in [6.45, 7) is 2.47. The Morgan fingerprint density at radius 2 is 1.96 bits per heavy atom. The molecule has 0 unspecified atom stereocenters. The number of hydrogen-bond donors (Lipinski definition) is 2. The molecular formula is C17H19N3O3. The maximum Gasteiger partial charge on any atom is 0.332 e. The molecular weight excluding hydrogens is 294 g/mol. The largest absolute Gasteiger partial charge is 0.493 e. The van der Waals surface area contributed by atoms with E-state index in [1.807, 2.05) is 31.2 Å². The highest BCUT2D eigenvalue weighted by Crippen LogP contribution is 2.28. The summed E-state index contributed by atoms with van der Waals surface area (Å²) in [6, 6.07) is 12.7. The summed E-state index contributed by atoms with van der Waals surface area (Å²) in [5, 5.41) is 3.72. The number of hydrazone groups is 1. The minimum absolute atomic E-state index is 0.427. The highest BCUT2D eigenvalue weighted by Gasteiger charge is 2.06. The van der Waals surface area contributed by atoms with Crippen LogP contribution in [-0.2, 0) is 6.61 Å². The first-order chi connectivity index (χ1) is 11.1. The van der Waals surface area contributed by atoms with Crippen molar-refractivity contribution in [2.75, 3.05) is 7.11 Å². The van der Waals surface area contributed by atoms with E-state index in [2.05, 4.69) is 10.5 Å². The fourth-order valence-corrected chi connectivity index (χ4v) is 1.90. The van der Waals surface area contributed by atoms with Crippen LogP contribution in [0.4, 0.5) is 4.79 Å². The smallest absolute Gasteiger partial charge is 0.332 e. The number of urea groups is 1. The third-order valence-electron chi connectivity index (χ3n) is 3.09. The van der Waals surface area contributed by atoms with Crippen molar-refractivity contribution in [2.24, 2.45) is 10.8 Å². The number of aryl methyl sites for hydroxylation is 1. The van der Waals surface area contributed by atoms with Crippen molar-refractivity contribution in [3.8, 4) is 11.5 Å². The Bertz CT molecular complexity index is 697. The average molecular weight is 313 g/mol. The summed E-state index contributed by atoms with van der Waals surface area (Å²) in [4.78, 5) is 10.6. The van der Waals surface area contributed by atoms with Gasteiger partial charge in [-0.2, -0.15) is 5.10 Å². The number of carbonyl (C=O) groups excluding carboxylic acids is 1. The van der Waals surface area contributed by atoms with Crippen molar-refractivity contribution >= 4 is 12.2 Å². The predicted octanol–water partition coefficient (Wildman–Crippen LogP) is 2.58. The predicted molar refractivity (Wildman–Crippen MR) is 88.8 cm³/mol. The molecule has 6 heteroatoms. The van der Waals surface area contributed by atoms with Gasteiger partial charge in [0.1, 0.15) is 6.61 Å². The third-order valence-corrected chi connectivity index (χ3v) is 3.09. The molecule has 0 spiro atoms. The quantitative estimate of drug-likeness (QED) is 0.635. The van der Waals surface area contributed by atoms with Crippen LogP contribution in [0, 0.1) is 6.92 Å². The monoisotopic (exact) mass is 313 g/mol. The Labute approximate surface area is 134 Å². The fraction of sp³-hybridized carbons (Fsp3) is 0.176. The van der Waals surface area contributed by atoms with Crippen LogP contribution in [0.1, 0.15) is 16.7 Å². The standard InChI is InChI=1S/C17H19N3O3/c1-12-3-5-13(6-4-12)11-23-16-9-14(7-8-15(16)22-2)10-19-20-17(18)21/h3-10H,11H2,1-2H3,(H3,18,20,21). The second kappa shape index (κ2) is 7.84. The van der Waals surface area contributed by atoms with Gasteiger partial charge in [0.05, 0.1) is 13.3 Å². The lowest BCUT2D eigenvalue weighted by Gasteiger charge is -2.11. The van der Waals surface area contributed by atoms with E-state index < -0.39 is 6.03 Å². The summed E-state index contributed by atoms with van der Waals surface area (Å²) in [6.07, 6.45) is 1.48. The van der Waals surface area contributed by atoms with Gasteiger partial charge < -0.3 is 15.2 Å². The van der Waals surface area contributed by atoms with Crippen LogP contribution < -0.4 is 20.6 Å². The molecule has 0 fully saturated rings. The number of hydrogen-bond acceptors (Lipinski definition) is 4. The second-order valence-electron chi connectivity index (χ2n) is 4.92. The lowest BCUT2D eigenvalue weighted by Crippen LogP contribution is -2.24. The van der Waals surface area contributed by atoms with Gasteiger partial charge in [0.2, 0.25) is 0 Å². The van der Waals surface area contributed by atoms with Crippen molar-refractivity contribution in [1.29, 1.82) is 0 Å². The van der Waals surface area contributed by atoms with E-state index in [0.717, 1.165) is 11.1 Å². The van der Waals surface area contributed by atoms with E-state index in [0.29, 0.717) is 18.1 Å². The zero-order valence-electron chi connectivity index (χ0n) is 13.1. The van der Waals surface area contributed by atoms with E-state index >= 15 is 0 Å². The Morgan fingerprint density at radius 1 is 1.22 bits per heavy atom. The zero-order valence-corrected chi connectivity index (χ0v) is 13.1. The first-order valence-electron chi connectivity index (χ1n) is 7.03. The lowest BCUT2D eigenvalue weighted by atomic mass is 10.1. The normalized spacial score (nSPS) is 10.5. The number of nitrogens with two attached hydrogens (primary N) is 1. The topological polar surface area (TPSA) is 85.9 Å². The molecule has 0 aliphatic carbocycles. The van der Waals surface area contributed by atoms with Crippen molar-refractivity contribution in [3.05, 3.63) is 59.2 Å². The molecule has 2 aromatic rings. The summed E-state index contributed by atoms with van der Waals surface area (Å²) in [7, 11) is 1.58. The minimum atomic E-state index is -0.717. The highest BCUT2D eigenvalue weighted by atomic mass is 16.5. The molecule has 0 bridgehead atoms. The van der Waals surface area contributed by atoms with E-state index in [1.165, 1.54) is 11.8 Å². The van der Waals surface area contributed by atoms with Gasteiger partial charge in [-0.25, -0.2) is 10.2 Å². The lowest BCUT2D eigenvalue weighted by molar-refractivity contribution is 0.249. The maximum atomic E-state index is 10.6. The first-order valence-corrected chi connectivity index (χ1v) is 7.03. The van der Waals surface area contributed by atoms with E-state index in [4.69, 9.17) is 15.2 Å². The number of nitrogens with zero attached hydrogens (tertiary/aromatic N) is 1. The number of amides is 2. The minimum Gasteiger partial charge on any atom is -0.493 e. The Hall–Kier alpha value is -3.02. The summed E-state index contributed by atoms with van der Waals surface area (Å²) in [5.74, 6) is 1.22. The van der Waals surface area contributed by atoms with Gasteiger partial charge in [0.15, 0.2) is 11.5 Å². The van der Waals surface area contributed by atoms with Crippen LogP contribution in [0.5, 0.6) is 11.5 Å². The summed E-state index contributed by atoms with van der Waals surface area (Å²) < 4.78 is 11.1. The van der Waals surface area contributed by atoms with Gasteiger partial charge in [-0.3, -0.25) is 0 Å². The number of nitrogens with one attached hydrogen (secondary N) is 1. The van der Waals surface area contributed by atoms with E-state index in [-0.39, 0.29) is 0 Å². The second-order valence-corrected chi connectivity index (χ2v) is 4.92. The molecule has 0 aromatic heterocycles. The molecule has 0 aliphatic heterocycles. The molecule has 0 radical (unpaired) electrons. The Balaban J connectivity index is 2.10. The van der Waals surface area contributed by atoms with Crippen molar-refractivity contribution < 1.29 is 14.3 Å². The van der Waals surface area contributed by atoms with E-state index in [9.17, 15) is 4.79 Å². The number of methoxy groups -OCH3 is 1. The highest BCUT2D eigenvalue weighted by molar-refractivity contribution is 5.82. The van der Waals surface area contributed by atoms with Crippen molar-refractivity contribution in [3.63, 3.8) is 0 Å². The summed E-state index contributed by atoms with van der Waals surface area (Å²) >= 11 is 0.